The van der Waals surface area contributed by atoms with Crippen LogP contribution in [0.15, 0.2) is 12.7 Å². The summed E-state index contributed by atoms with van der Waals surface area (Å²) in [5.74, 6) is 0. The summed E-state index contributed by atoms with van der Waals surface area (Å²) in [6.07, 6.45) is 0.326. The Morgan fingerprint density at radius 1 is 1.12 bits per heavy atom. The van der Waals surface area contributed by atoms with E-state index in [-0.39, 0.29) is 19.8 Å². The molecule has 0 aromatic rings. The van der Waals surface area contributed by atoms with Crippen LogP contribution in [0.2, 0.25) is 0 Å². The molecule has 0 amide bonds. The van der Waals surface area contributed by atoms with Gasteiger partial charge in [0.15, 0.2) is 0 Å². The molecule has 0 fully saturated rings. The lowest BCUT2D eigenvalue weighted by atomic mass is 10.5. The van der Waals surface area contributed by atoms with Crippen molar-refractivity contribution in [3.8, 4) is 0 Å². The minimum absolute atomic E-state index is 0.139. The molecule has 0 radical (unpaired) electrons. The molecule has 0 heterocycles. The summed E-state index contributed by atoms with van der Waals surface area (Å²) >= 11 is 0. The van der Waals surface area contributed by atoms with E-state index in [1.807, 2.05) is 0 Å². The molecule has 17 heavy (non-hydrogen) atoms. The molecule has 2 atom stereocenters. The molecule has 0 rings (SSSR count). The Morgan fingerprint density at radius 2 is 1.41 bits per heavy atom. The lowest BCUT2D eigenvalue weighted by Crippen LogP contribution is -2.03. The monoisotopic (exact) mass is 274 g/mol. The molecule has 0 aliphatic rings. The zero-order valence-electron chi connectivity index (χ0n) is 10.1. The van der Waals surface area contributed by atoms with Gasteiger partial charge < -0.3 is 34.7 Å². The van der Waals surface area contributed by atoms with E-state index < -0.39 is 20.8 Å². The molecule has 7 nitrogen and oxygen atoms in total. The molecule has 0 spiro atoms. The highest BCUT2D eigenvalue weighted by Crippen LogP contribution is 2.23. The van der Waals surface area contributed by atoms with Gasteiger partial charge in [0.2, 0.25) is 0 Å². The van der Waals surface area contributed by atoms with Gasteiger partial charge in [0.05, 0.1) is 32.0 Å². The first kappa shape index (κ1) is 22.1. The Kier molecular flexibility index (Phi) is 23.7. The van der Waals surface area contributed by atoms with Gasteiger partial charge in [0, 0.05) is 0 Å². The fraction of sp³-hybridized carbons (Fsp3) is 0.778. The summed E-state index contributed by atoms with van der Waals surface area (Å²) in [6.45, 7) is 6.27. The maximum atomic E-state index is 8.11. The van der Waals surface area contributed by atoms with Crippen molar-refractivity contribution in [1.29, 1.82) is 0 Å². The second kappa shape index (κ2) is 18.3. The molecule has 0 saturated heterocycles. The van der Waals surface area contributed by atoms with E-state index in [1.165, 1.54) is 19.9 Å². The highest BCUT2D eigenvalue weighted by molar-refractivity contribution is 7.39. The predicted molar refractivity (Wildman–Crippen MR) is 65.0 cm³/mol. The zero-order chi connectivity index (χ0) is 14.3. The van der Waals surface area contributed by atoms with Gasteiger partial charge in [0.1, 0.15) is 0 Å². The van der Waals surface area contributed by atoms with Crippen molar-refractivity contribution in [3.05, 3.63) is 12.7 Å². The Morgan fingerprint density at radius 3 is 1.47 bits per heavy atom. The van der Waals surface area contributed by atoms with E-state index in [0.717, 1.165) is 0 Å². The predicted octanol–water partition coefficient (Wildman–Crippen LogP) is -0.881. The summed E-state index contributed by atoms with van der Waals surface area (Å²) < 4.78 is 4.25. The SMILES string of the molecule is C=CCOP(O)O.CC(O)CO.CC(O)CO. The second-order valence-electron chi connectivity index (χ2n) is 2.90. The molecule has 8 heteroatoms. The average molecular weight is 274 g/mol. The van der Waals surface area contributed by atoms with Gasteiger partial charge in [-0.2, -0.15) is 0 Å². The van der Waals surface area contributed by atoms with Crippen LogP contribution in [0.25, 0.3) is 0 Å². The Balaban J connectivity index is -0.000000177. The van der Waals surface area contributed by atoms with E-state index in [4.69, 9.17) is 30.2 Å². The molecule has 106 valence electrons. The summed E-state index contributed by atoms with van der Waals surface area (Å²) in [7, 11) is -2.18. The van der Waals surface area contributed by atoms with Gasteiger partial charge in [-0.05, 0) is 13.8 Å². The topological polar surface area (TPSA) is 131 Å². The highest BCUT2D eigenvalue weighted by atomic mass is 31.2. The van der Waals surface area contributed by atoms with Gasteiger partial charge >= 0.3 is 8.60 Å². The van der Waals surface area contributed by atoms with Crippen LogP contribution in [0.3, 0.4) is 0 Å². The molecular weight excluding hydrogens is 251 g/mol. The van der Waals surface area contributed by atoms with E-state index in [2.05, 4.69) is 11.1 Å². The van der Waals surface area contributed by atoms with Crippen LogP contribution in [-0.2, 0) is 4.52 Å². The van der Waals surface area contributed by atoms with Gasteiger partial charge in [-0.15, -0.1) is 6.58 Å². The van der Waals surface area contributed by atoms with E-state index >= 15 is 0 Å². The Labute approximate surface area is 103 Å². The van der Waals surface area contributed by atoms with Crippen LogP contribution < -0.4 is 0 Å². The Bertz CT molecular complexity index is 133. The van der Waals surface area contributed by atoms with Gasteiger partial charge in [0.25, 0.3) is 0 Å². The molecule has 0 aliphatic heterocycles. The van der Waals surface area contributed by atoms with Crippen LogP contribution in [0.5, 0.6) is 0 Å². The summed E-state index contributed by atoms with van der Waals surface area (Å²) in [6, 6.07) is 0. The summed E-state index contributed by atoms with van der Waals surface area (Å²) in [5, 5.41) is 32.0. The standard InChI is InChI=1S/C3H7O3P.2C3H8O2/c1-2-3-6-7(4)5;2*1-3(5)2-4/h2,4-5H,1,3H2;2*3-5H,2H2,1H3. The van der Waals surface area contributed by atoms with Crippen LogP contribution in [0, 0.1) is 0 Å². The normalized spacial score (nSPS) is 12.8. The van der Waals surface area contributed by atoms with Gasteiger partial charge in [-0.25, -0.2) is 0 Å². The molecular formula is C9H23O7P. The van der Waals surface area contributed by atoms with Gasteiger partial charge in [-0.1, -0.05) is 6.08 Å². The number of rotatable bonds is 5. The van der Waals surface area contributed by atoms with Crippen molar-refractivity contribution < 1.29 is 34.7 Å². The van der Waals surface area contributed by atoms with Crippen LogP contribution in [0.4, 0.5) is 0 Å². The number of hydrogen-bond donors (Lipinski definition) is 6. The lowest BCUT2D eigenvalue weighted by molar-refractivity contribution is 0.110. The molecule has 0 aromatic carbocycles. The number of aliphatic hydroxyl groups excluding tert-OH is 4. The van der Waals surface area contributed by atoms with E-state index in [1.54, 1.807) is 0 Å². The minimum Gasteiger partial charge on any atom is -0.394 e. The molecule has 0 aromatic heterocycles. The van der Waals surface area contributed by atoms with Crippen molar-refractivity contribution in [2.45, 2.75) is 26.1 Å². The maximum absolute atomic E-state index is 8.11. The van der Waals surface area contributed by atoms with Crippen molar-refractivity contribution in [2.75, 3.05) is 19.8 Å². The van der Waals surface area contributed by atoms with Crippen LogP contribution in [0.1, 0.15) is 13.8 Å². The average Bonchev–Trinajstić information content (AvgIpc) is 2.27. The maximum Gasteiger partial charge on any atom is 0.327 e. The highest BCUT2D eigenvalue weighted by Gasteiger charge is 1.92. The minimum atomic E-state index is -2.18. The second-order valence-corrected chi connectivity index (χ2v) is 3.66. The first-order valence-electron chi connectivity index (χ1n) is 4.81. The molecule has 6 N–H and O–H groups in total. The molecule has 2 unspecified atom stereocenters. The van der Waals surface area contributed by atoms with Crippen LogP contribution >= 0.6 is 8.60 Å². The zero-order valence-corrected chi connectivity index (χ0v) is 11.0. The number of hydrogen-bond acceptors (Lipinski definition) is 7. The van der Waals surface area contributed by atoms with Crippen molar-refractivity contribution in [3.63, 3.8) is 0 Å². The lowest BCUT2D eigenvalue weighted by Gasteiger charge is -1.96. The fourth-order valence-electron chi connectivity index (χ4n) is 0.119. The van der Waals surface area contributed by atoms with E-state index in [9.17, 15) is 0 Å². The smallest absolute Gasteiger partial charge is 0.327 e. The molecule has 0 aliphatic carbocycles. The van der Waals surface area contributed by atoms with Crippen LogP contribution in [-0.4, -0.2) is 62.2 Å². The first-order chi connectivity index (χ1) is 7.81. The summed E-state index contributed by atoms with van der Waals surface area (Å²) in [4.78, 5) is 16.1. The molecule has 0 bridgehead atoms. The van der Waals surface area contributed by atoms with E-state index in [0.29, 0.717) is 0 Å². The fourth-order valence-corrected chi connectivity index (χ4v) is 0.358. The third kappa shape index (κ3) is 49.2. The van der Waals surface area contributed by atoms with Crippen molar-refractivity contribution in [2.24, 2.45) is 0 Å². The first-order valence-corrected chi connectivity index (χ1v) is 5.97. The van der Waals surface area contributed by atoms with Crippen molar-refractivity contribution >= 4 is 8.60 Å². The van der Waals surface area contributed by atoms with Crippen molar-refractivity contribution in [1.82, 2.24) is 0 Å². The number of aliphatic hydroxyl groups is 4. The largest absolute Gasteiger partial charge is 0.394 e. The quantitative estimate of drug-likeness (QED) is 0.283. The third-order valence-electron chi connectivity index (χ3n) is 0.836. The van der Waals surface area contributed by atoms with Gasteiger partial charge in [-0.3, -0.25) is 0 Å². The summed E-state index contributed by atoms with van der Waals surface area (Å²) in [5.41, 5.74) is 0. The molecule has 0 saturated carbocycles. The third-order valence-corrected chi connectivity index (χ3v) is 1.22. The Hall–Kier alpha value is -0.110.